The molecule has 0 radical (unpaired) electrons. The zero-order valence-corrected chi connectivity index (χ0v) is 7.68. The molecule has 0 aromatic heterocycles. The topological polar surface area (TPSA) is 41.5 Å². The van der Waals surface area contributed by atoms with Crippen LogP contribution in [0.3, 0.4) is 0 Å². The van der Waals surface area contributed by atoms with Gasteiger partial charge < -0.3 is 15.2 Å². The van der Waals surface area contributed by atoms with Crippen LogP contribution in [0.2, 0.25) is 0 Å². The number of alkyl halides is 3. The molecule has 1 fully saturated rings. The van der Waals surface area contributed by atoms with E-state index in [1.165, 1.54) is 0 Å². The first kappa shape index (κ1) is 11.7. The highest BCUT2D eigenvalue weighted by atomic mass is 19.4. The number of aliphatic hydroxyl groups excluding tert-OH is 1. The van der Waals surface area contributed by atoms with E-state index in [1.807, 2.05) is 0 Å². The molecule has 0 aromatic carbocycles. The predicted octanol–water partition coefficient (Wildman–Crippen LogP) is 0.678. The van der Waals surface area contributed by atoms with Gasteiger partial charge in [-0.25, -0.2) is 0 Å². The van der Waals surface area contributed by atoms with E-state index in [-0.39, 0.29) is 18.8 Å². The lowest BCUT2D eigenvalue weighted by atomic mass is 9.90. The fourth-order valence-electron chi connectivity index (χ4n) is 1.28. The van der Waals surface area contributed by atoms with Gasteiger partial charge in [0.05, 0.1) is 12.7 Å². The summed E-state index contributed by atoms with van der Waals surface area (Å²) in [5.41, 5.74) is 0. The predicted molar refractivity (Wildman–Crippen MR) is 43.9 cm³/mol. The van der Waals surface area contributed by atoms with E-state index in [4.69, 9.17) is 5.11 Å². The number of halogens is 3. The molecule has 0 aromatic rings. The zero-order valence-electron chi connectivity index (χ0n) is 7.68. The summed E-state index contributed by atoms with van der Waals surface area (Å²) in [4.78, 5) is 0. The minimum Gasteiger partial charge on any atom is -0.393 e. The summed E-state index contributed by atoms with van der Waals surface area (Å²) in [6.07, 6.45) is -3.13. The molecule has 0 bridgehead atoms. The number of rotatable bonds is 5. The summed E-state index contributed by atoms with van der Waals surface area (Å²) in [5.74, 6) is 0. The van der Waals surface area contributed by atoms with E-state index in [0.717, 1.165) is 0 Å². The van der Waals surface area contributed by atoms with Crippen LogP contribution in [0, 0.1) is 0 Å². The van der Waals surface area contributed by atoms with Crippen molar-refractivity contribution in [3.05, 3.63) is 0 Å². The Kier molecular flexibility index (Phi) is 4.15. The van der Waals surface area contributed by atoms with Gasteiger partial charge in [0.1, 0.15) is 6.61 Å². The van der Waals surface area contributed by atoms with Gasteiger partial charge in [-0.1, -0.05) is 0 Å². The smallest absolute Gasteiger partial charge is 0.393 e. The van der Waals surface area contributed by atoms with Crippen molar-refractivity contribution >= 4 is 0 Å². The Morgan fingerprint density at radius 3 is 2.50 bits per heavy atom. The van der Waals surface area contributed by atoms with Crippen molar-refractivity contribution in [1.82, 2.24) is 5.32 Å². The first-order valence-electron chi connectivity index (χ1n) is 4.53. The van der Waals surface area contributed by atoms with Gasteiger partial charge in [-0.05, 0) is 12.8 Å². The minimum absolute atomic E-state index is 0.0477. The Morgan fingerprint density at radius 1 is 1.36 bits per heavy atom. The molecule has 2 N–H and O–H groups in total. The Morgan fingerprint density at radius 2 is 2.00 bits per heavy atom. The van der Waals surface area contributed by atoms with Gasteiger partial charge in [-0.15, -0.1) is 0 Å². The number of hydrogen-bond donors (Lipinski definition) is 2. The minimum atomic E-state index is -4.24. The van der Waals surface area contributed by atoms with Gasteiger partial charge in [0, 0.05) is 12.6 Å². The quantitative estimate of drug-likeness (QED) is 0.660. The standard InChI is InChI=1S/C8H14F3NO2/c9-8(10,11)5-14-2-1-12-6-3-7(13)4-6/h6-7,12-13H,1-5H2. The normalized spacial score (nSPS) is 27.4. The average Bonchev–Trinajstić information content (AvgIpc) is 1.98. The van der Waals surface area contributed by atoms with Crippen LogP contribution in [-0.4, -0.2) is 43.2 Å². The van der Waals surface area contributed by atoms with Gasteiger partial charge in [-0.2, -0.15) is 13.2 Å². The number of nitrogens with one attached hydrogen (secondary N) is 1. The number of ether oxygens (including phenoxy) is 1. The molecule has 0 saturated heterocycles. The van der Waals surface area contributed by atoms with Gasteiger partial charge in [0.25, 0.3) is 0 Å². The van der Waals surface area contributed by atoms with Crippen LogP contribution in [0.1, 0.15) is 12.8 Å². The van der Waals surface area contributed by atoms with Crippen LogP contribution < -0.4 is 5.32 Å². The maximum atomic E-state index is 11.6. The first-order valence-corrected chi connectivity index (χ1v) is 4.53. The highest BCUT2D eigenvalue weighted by Gasteiger charge is 2.28. The molecule has 1 rings (SSSR count). The summed E-state index contributed by atoms with van der Waals surface area (Å²) in [5, 5.41) is 11.9. The molecular formula is C8H14F3NO2. The molecule has 0 heterocycles. The summed E-state index contributed by atoms with van der Waals surface area (Å²) in [6, 6.07) is 0.236. The molecule has 0 spiro atoms. The third-order valence-electron chi connectivity index (χ3n) is 2.06. The third kappa shape index (κ3) is 4.78. The summed E-state index contributed by atoms with van der Waals surface area (Å²) < 4.78 is 39.2. The van der Waals surface area contributed by atoms with Crippen LogP contribution in [0.15, 0.2) is 0 Å². The van der Waals surface area contributed by atoms with Crippen molar-refractivity contribution in [3.8, 4) is 0 Å². The van der Waals surface area contributed by atoms with E-state index in [1.54, 1.807) is 0 Å². The van der Waals surface area contributed by atoms with Crippen LogP contribution in [0.25, 0.3) is 0 Å². The average molecular weight is 213 g/mol. The molecule has 1 saturated carbocycles. The molecule has 0 aliphatic heterocycles. The van der Waals surface area contributed by atoms with Crippen LogP contribution in [0.5, 0.6) is 0 Å². The van der Waals surface area contributed by atoms with Crippen molar-refractivity contribution in [2.75, 3.05) is 19.8 Å². The Labute approximate surface area is 80.2 Å². The van der Waals surface area contributed by atoms with Gasteiger partial charge in [0.2, 0.25) is 0 Å². The van der Waals surface area contributed by atoms with Crippen molar-refractivity contribution < 1.29 is 23.0 Å². The Hall–Kier alpha value is -0.330. The fourth-order valence-corrected chi connectivity index (χ4v) is 1.28. The molecule has 3 nitrogen and oxygen atoms in total. The van der Waals surface area contributed by atoms with Gasteiger partial charge >= 0.3 is 6.18 Å². The van der Waals surface area contributed by atoms with Crippen molar-refractivity contribution in [1.29, 1.82) is 0 Å². The lowest BCUT2D eigenvalue weighted by Gasteiger charge is -2.32. The van der Waals surface area contributed by atoms with E-state index in [2.05, 4.69) is 10.1 Å². The second kappa shape index (κ2) is 4.95. The lowest BCUT2D eigenvalue weighted by molar-refractivity contribution is -0.173. The molecule has 84 valence electrons. The van der Waals surface area contributed by atoms with Gasteiger partial charge in [0.15, 0.2) is 0 Å². The summed E-state index contributed by atoms with van der Waals surface area (Å²) in [7, 11) is 0. The van der Waals surface area contributed by atoms with Gasteiger partial charge in [-0.3, -0.25) is 0 Å². The largest absolute Gasteiger partial charge is 0.411 e. The second-order valence-electron chi connectivity index (χ2n) is 3.44. The molecule has 0 amide bonds. The van der Waals surface area contributed by atoms with E-state index in [0.29, 0.717) is 19.4 Å². The Bertz CT molecular complexity index is 168. The van der Waals surface area contributed by atoms with Crippen LogP contribution in [-0.2, 0) is 4.74 Å². The first-order chi connectivity index (χ1) is 6.47. The summed E-state index contributed by atoms with van der Waals surface area (Å²) in [6.45, 7) is -0.748. The van der Waals surface area contributed by atoms with Crippen molar-refractivity contribution in [3.63, 3.8) is 0 Å². The number of hydrogen-bond acceptors (Lipinski definition) is 3. The zero-order chi connectivity index (χ0) is 10.6. The molecule has 14 heavy (non-hydrogen) atoms. The van der Waals surface area contributed by atoms with E-state index >= 15 is 0 Å². The van der Waals surface area contributed by atoms with Crippen LogP contribution in [0.4, 0.5) is 13.2 Å². The molecule has 1 aliphatic rings. The van der Waals surface area contributed by atoms with Crippen molar-refractivity contribution in [2.24, 2.45) is 0 Å². The molecular weight excluding hydrogens is 199 g/mol. The highest BCUT2D eigenvalue weighted by molar-refractivity contribution is 4.84. The van der Waals surface area contributed by atoms with E-state index in [9.17, 15) is 13.2 Å². The molecule has 1 aliphatic carbocycles. The van der Waals surface area contributed by atoms with Crippen molar-refractivity contribution in [2.45, 2.75) is 31.2 Å². The molecule has 0 unspecified atom stereocenters. The third-order valence-corrected chi connectivity index (χ3v) is 2.06. The highest BCUT2D eigenvalue weighted by Crippen LogP contribution is 2.19. The Balaban J connectivity index is 1.85. The lowest BCUT2D eigenvalue weighted by Crippen LogP contribution is -2.45. The number of aliphatic hydroxyl groups is 1. The molecule has 0 atom stereocenters. The SMILES string of the molecule is OC1CC(NCCOCC(F)(F)F)C1. The monoisotopic (exact) mass is 213 g/mol. The maximum absolute atomic E-state index is 11.6. The molecule has 6 heteroatoms. The van der Waals surface area contributed by atoms with E-state index < -0.39 is 12.8 Å². The maximum Gasteiger partial charge on any atom is 0.411 e. The van der Waals surface area contributed by atoms with Crippen LogP contribution >= 0.6 is 0 Å². The second-order valence-corrected chi connectivity index (χ2v) is 3.44. The summed E-state index contributed by atoms with van der Waals surface area (Å²) >= 11 is 0. The fraction of sp³-hybridized carbons (Fsp3) is 1.00.